The van der Waals surface area contributed by atoms with Crippen molar-refractivity contribution in [3.8, 4) is 12.3 Å². The Morgan fingerprint density at radius 2 is 2.29 bits per heavy atom. The Bertz CT molecular complexity index is 352. The minimum absolute atomic E-state index is 0.0761. The summed E-state index contributed by atoms with van der Waals surface area (Å²) in [7, 11) is 0. The summed E-state index contributed by atoms with van der Waals surface area (Å²) in [6.45, 7) is 4.08. The van der Waals surface area contributed by atoms with Crippen LogP contribution in [0.5, 0.6) is 0 Å². The zero-order valence-electron chi connectivity index (χ0n) is 8.47. The van der Waals surface area contributed by atoms with Gasteiger partial charge in [-0.2, -0.15) is 0 Å². The summed E-state index contributed by atoms with van der Waals surface area (Å²) in [6, 6.07) is 5.83. The number of halogens is 1. The summed E-state index contributed by atoms with van der Waals surface area (Å²) in [5.74, 6) is 2.69. The third kappa shape index (κ3) is 2.68. The van der Waals surface area contributed by atoms with Gasteiger partial charge in [-0.1, -0.05) is 30.5 Å². The molecule has 1 nitrogen and oxygen atoms in total. The molecule has 0 aliphatic carbocycles. The van der Waals surface area contributed by atoms with E-state index in [4.69, 9.17) is 18.0 Å². The van der Waals surface area contributed by atoms with Crippen molar-refractivity contribution in [1.29, 1.82) is 0 Å². The fourth-order valence-corrected chi connectivity index (χ4v) is 1.37. The molecule has 0 amide bonds. The smallest absolute Gasteiger partial charge is 0.0871 e. The second-order valence-electron chi connectivity index (χ2n) is 3.23. The van der Waals surface area contributed by atoms with Crippen LogP contribution in [0, 0.1) is 19.3 Å². The van der Waals surface area contributed by atoms with Crippen molar-refractivity contribution < 1.29 is 0 Å². The molecule has 74 valence electrons. The Morgan fingerprint density at radius 1 is 1.57 bits per heavy atom. The molecule has 0 saturated carbocycles. The highest BCUT2D eigenvalue weighted by molar-refractivity contribution is 6.30. The predicted octanol–water partition coefficient (Wildman–Crippen LogP) is 3.47. The first kappa shape index (κ1) is 10.9. The maximum atomic E-state index is 5.89. The third-order valence-electron chi connectivity index (χ3n) is 2.14. The van der Waals surface area contributed by atoms with Crippen LogP contribution in [0.4, 0.5) is 5.69 Å². The van der Waals surface area contributed by atoms with Crippen LogP contribution in [0.25, 0.3) is 0 Å². The molecule has 0 radical (unpaired) electrons. The van der Waals surface area contributed by atoms with Gasteiger partial charge in [-0.15, -0.1) is 6.42 Å². The van der Waals surface area contributed by atoms with Crippen molar-refractivity contribution in [2.75, 3.05) is 5.32 Å². The number of benzene rings is 1. The first-order valence-corrected chi connectivity index (χ1v) is 5.04. The molecule has 2 heteroatoms. The second kappa shape index (κ2) is 4.93. The maximum absolute atomic E-state index is 5.89. The van der Waals surface area contributed by atoms with E-state index in [1.165, 1.54) is 0 Å². The molecule has 1 aromatic carbocycles. The fourth-order valence-electron chi connectivity index (χ4n) is 1.20. The van der Waals surface area contributed by atoms with Crippen molar-refractivity contribution in [3.63, 3.8) is 0 Å². The molecule has 0 aliphatic heterocycles. The number of nitrogens with one attached hydrogen (secondary N) is 1. The molecule has 0 aliphatic rings. The molecule has 0 fully saturated rings. The molecule has 0 aromatic heterocycles. The molecule has 1 rings (SSSR count). The highest BCUT2D eigenvalue weighted by Crippen LogP contribution is 2.21. The van der Waals surface area contributed by atoms with Gasteiger partial charge in [-0.05, 0) is 31.0 Å². The van der Waals surface area contributed by atoms with Crippen LogP contribution in [0.2, 0.25) is 5.02 Å². The van der Waals surface area contributed by atoms with E-state index in [9.17, 15) is 0 Å². The lowest BCUT2D eigenvalue weighted by Crippen LogP contribution is -2.16. The lowest BCUT2D eigenvalue weighted by atomic mass is 10.1. The van der Waals surface area contributed by atoms with Gasteiger partial charge < -0.3 is 5.32 Å². The van der Waals surface area contributed by atoms with Crippen molar-refractivity contribution >= 4 is 17.3 Å². The molecule has 0 bridgehead atoms. The van der Waals surface area contributed by atoms with E-state index in [0.29, 0.717) is 0 Å². The zero-order valence-corrected chi connectivity index (χ0v) is 9.23. The molecular weight excluding hydrogens is 194 g/mol. The first-order chi connectivity index (χ1) is 6.67. The van der Waals surface area contributed by atoms with E-state index in [1.54, 1.807) is 0 Å². The van der Waals surface area contributed by atoms with Crippen LogP contribution in [0.1, 0.15) is 18.9 Å². The zero-order chi connectivity index (χ0) is 10.6. The largest absolute Gasteiger partial charge is 0.371 e. The summed E-state index contributed by atoms with van der Waals surface area (Å²) in [5, 5.41) is 3.99. The Balaban J connectivity index is 2.86. The van der Waals surface area contributed by atoms with E-state index >= 15 is 0 Å². The standard InChI is InChI=1S/C12H14ClN/c1-4-11(5-2)14-12-8-10(13)7-6-9(12)3/h1,6-8,11,14H,5H2,2-3H3. The minimum Gasteiger partial charge on any atom is -0.371 e. The number of anilines is 1. The van der Waals surface area contributed by atoms with E-state index < -0.39 is 0 Å². The summed E-state index contributed by atoms with van der Waals surface area (Å²) in [4.78, 5) is 0. The Hall–Kier alpha value is -1.13. The van der Waals surface area contributed by atoms with Gasteiger partial charge >= 0.3 is 0 Å². The lowest BCUT2D eigenvalue weighted by molar-refractivity contribution is 0.856. The Labute approximate surface area is 90.5 Å². The van der Waals surface area contributed by atoms with Crippen LogP contribution in [0.15, 0.2) is 18.2 Å². The van der Waals surface area contributed by atoms with Gasteiger partial charge in [0.25, 0.3) is 0 Å². The van der Waals surface area contributed by atoms with Crippen molar-refractivity contribution in [3.05, 3.63) is 28.8 Å². The van der Waals surface area contributed by atoms with Gasteiger partial charge in [0.1, 0.15) is 0 Å². The van der Waals surface area contributed by atoms with Gasteiger partial charge in [0.05, 0.1) is 6.04 Å². The maximum Gasteiger partial charge on any atom is 0.0871 e. The molecule has 1 aromatic rings. The summed E-state index contributed by atoms with van der Waals surface area (Å²) in [6.07, 6.45) is 6.28. The van der Waals surface area contributed by atoms with E-state index in [0.717, 1.165) is 22.7 Å². The monoisotopic (exact) mass is 207 g/mol. The SMILES string of the molecule is C#CC(CC)Nc1cc(Cl)ccc1C. The van der Waals surface area contributed by atoms with Crippen LogP contribution < -0.4 is 5.32 Å². The van der Waals surface area contributed by atoms with Crippen molar-refractivity contribution in [2.24, 2.45) is 0 Å². The van der Waals surface area contributed by atoms with Gasteiger partial charge in [-0.3, -0.25) is 0 Å². The average molecular weight is 208 g/mol. The first-order valence-electron chi connectivity index (χ1n) is 4.66. The third-order valence-corrected chi connectivity index (χ3v) is 2.37. The van der Waals surface area contributed by atoms with E-state index in [2.05, 4.69) is 18.2 Å². The predicted molar refractivity (Wildman–Crippen MR) is 62.7 cm³/mol. The minimum atomic E-state index is 0.0761. The molecule has 1 atom stereocenters. The Kier molecular flexibility index (Phi) is 3.85. The van der Waals surface area contributed by atoms with Crippen LogP contribution in [-0.2, 0) is 0 Å². The molecule has 0 saturated heterocycles. The van der Waals surface area contributed by atoms with Crippen LogP contribution >= 0.6 is 11.6 Å². The Morgan fingerprint density at radius 3 is 2.86 bits per heavy atom. The quantitative estimate of drug-likeness (QED) is 0.749. The lowest BCUT2D eigenvalue weighted by Gasteiger charge is -2.14. The summed E-state index contributed by atoms with van der Waals surface area (Å²) < 4.78 is 0. The van der Waals surface area contributed by atoms with Gasteiger partial charge in [-0.25, -0.2) is 0 Å². The number of hydrogen-bond donors (Lipinski definition) is 1. The molecule has 0 spiro atoms. The highest BCUT2D eigenvalue weighted by Gasteiger charge is 2.04. The molecule has 0 heterocycles. The topological polar surface area (TPSA) is 12.0 Å². The van der Waals surface area contributed by atoms with Crippen LogP contribution in [-0.4, -0.2) is 6.04 Å². The van der Waals surface area contributed by atoms with Crippen LogP contribution in [0.3, 0.4) is 0 Å². The molecular formula is C12H14ClN. The van der Waals surface area contributed by atoms with Crippen molar-refractivity contribution in [2.45, 2.75) is 26.3 Å². The van der Waals surface area contributed by atoms with E-state index in [1.807, 2.05) is 25.1 Å². The van der Waals surface area contributed by atoms with Gasteiger partial charge in [0.2, 0.25) is 0 Å². The highest BCUT2D eigenvalue weighted by atomic mass is 35.5. The van der Waals surface area contributed by atoms with Gasteiger partial charge in [0, 0.05) is 10.7 Å². The summed E-state index contributed by atoms with van der Waals surface area (Å²) in [5.41, 5.74) is 2.17. The van der Waals surface area contributed by atoms with Gasteiger partial charge in [0.15, 0.2) is 0 Å². The summed E-state index contributed by atoms with van der Waals surface area (Å²) >= 11 is 5.89. The molecule has 14 heavy (non-hydrogen) atoms. The second-order valence-corrected chi connectivity index (χ2v) is 3.67. The van der Waals surface area contributed by atoms with E-state index in [-0.39, 0.29) is 6.04 Å². The normalized spacial score (nSPS) is 11.9. The fraction of sp³-hybridized carbons (Fsp3) is 0.333. The molecule has 1 unspecified atom stereocenters. The van der Waals surface area contributed by atoms with Crippen molar-refractivity contribution in [1.82, 2.24) is 0 Å². The number of rotatable bonds is 3. The number of terminal acetylenes is 1. The molecule has 1 N–H and O–H groups in total. The number of aryl methyl sites for hydroxylation is 1. The number of hydrogen-bond acceptors (Lipinski definition) is 1. The average Bonchev–Trinajstić information content (AvgIpc) is 2.19.